The first kappa shape index (κ1) is 15.4. The number of carbonyl (C=O) groups excluding carboxylic acids is 1. The molecule has 0 bridgehead atoms. The minimum atomic E-state index is -0.400. The maximum Gasteiger partial charge on any atom is 0.320 e. The number of esters is 1. The molecule has 96 valence electrons. The van der Waals surface area contributed by atoms with Crippen LogP contribution in [0.3, 0.4) is 0 Å². The normalized spacial score (nSPS) is 12.6. The monoisotopic (exact) mass is 230 g/mol. The molecule has 0 aliphatic heterocycles. The second-order valence-electron chi connectivity index (χ2n) is 5.94. The zero-order valence-electron chi connectivity index (χ0n) is 11.4. The Morgan fingerprint density at radius 2 is 1.62 bits per heavy atom. The topological polar surface area (TPSA) is 50.4 Å². The van der Waals surface area contributed by atoms with E-state index >= 15 is 0 Å². The molecule has 0 aromatic carbocycles. The van der Waals surface area contributed by atoms with Gasteiger partial charge in [0.1, 0.15) is 5.60 Å². The SMILES string of the molecule is CC(C)(C)NCCNCC(=O)OC(C)(C)C. The maximum atomic E-state index is 11.3. The van der Waals surface area contributed by atoms with Gasteiger partial charge in [-0.25, -0.2) is 0 Å². The molecule has 0 rings (SSSR count). The summed E-state index contributed by atoms with van der Waals surface area (Å²) < 4.78 is 5.16. The lowest BCUT2D eigenvalue weighted by Gasteiger charge is -2.21. The number of nitrogens with one attached hydrogen (secondary N) is 2. The molecule has 4 heteroatoms. The van der Waals surface area contributed by atoms with Crippen LogP contribution in [0, 0.1) is 0 Å². The zero-order chi connectivity index (χ0) is 12.8. The molecule has 4 nitrogen and oxygen atoms in total. The van der Waals surface area contributed by atoms with Crippen molar-refractivity contribution in [3.05, 3.63) is 0 Å². The summed E-state index contributed by atoms with van der Waals surface area (Å²) in [4.78, 5) is 11.3. The molecular weight excluding hydrogens is 204 g/mol. The van der Waals surface area contributed by atoms with Crippen molar-refractivity contribution in [2.75, 3.05) is 19.6 Å². The molecular formula is C12H26N2O2. The van der Waals surface area contributed by atoms with Crippen molar-refractivity contribution >= 4 is 5.97 Å². The van der Waals surface area contributed by atoms with Crippen LogP contribution < -0.4 is 10.6 Å². The lowest BCUT2D eigenvalue weighted by atomic mass is 10.1. The summed E-state index contributed by atoms with van der Waals surface area (Å²) in [6, 6.07) is 0. The van der Waals surface area contributed by atoms with Crippen molar-refractivity contribution in [2.45, 2.75) is 52.7 Å². The fourth-order valence-electron chi connectivity index (χ4n) is 1.09. The third-order valence-corrected chi connectivity index (χ3v) is 1.65. The highest BCUT2D eigenvalue weighted by molar-refractivity contribution is 5.72. The van der Waals surface area contributed by atoms with Crippen molar-refractivity contribution in [2.24, 2.45) is 0 Å². The molecule has 0 aromatic heterocycles. The highest BCUT2D eigenvalue weighted by atomic mass is 16.6. The van der Waals surface area contributed by atoms with Crippen LogP contribution in [0.4, 0.5) is 0 Å². The predicted octanol–water partition coefficient (Wildman–Crippen LogP) is 1.31. The Hall–Kier alpha value is -0.610. The quantitative estimate of drug-likeness (QED) is 0.552. The van der Waals surface area contributed by atoms with Gasteiger partial charge in [-0.15, -0.1) is 0 Å². The van der Waals surface area contributed by atoms with Gasteiger partial charge in [0.2, 0.25) is 0 Å². The lowest BCUT2D eigenvalue weighted by Crippen LogP contribution is -2.41. The van der Waals surface area contributed by atoms with Gasteiger partial charge in [0.25, 0.3) is 0 Å². The van der Waals surface area contributed by atoms with E-state index in [-0.39, 0.29) is 18.1 Å². The van der Waals surface area contributed by atoms with Crippen LogP contribution in [0.5, 0.6) is 0 Å². The van der Waals surface area contributed by atoms with Crippen LogP contribution in [-0.2, 0) is 9.53 Å². The zero-order valence-corrected chi connectivity index (χ0v) is 11.4. The van der Waals surface area contributed by atoms with Gasteiger partial charge in [-0.05, 0) is 41.5 Å². The van der Waals surface area contributed by atoms with Gasteiger partial charge in [-0.1, -0.05) is 0 Å². The van der Waals surface area contributed by atoms with E-state index in [0.717, 1.165) is 13.1 Å². The third-order valence-electron chi connectivity index (χ3n) is 1.65. The summed E-state index contributed by atoms with van der Waals surface area (Å²) in [6.45, 7) is 13.8. The number of rotatable bonds is 5. The highest BCUT2D eigenvalue weighted by Crippen LogP contribution is 2.05. The Morgan fingerprint density at radius 1 is 1.06 bits per heavy atom. The lowest BCUT2D eigenvalue weighted by molar-refractivity contribution is -0.153. The van der Waals surface area contributed by atoms with E-state index in [1.165, 1.54) is 0 Å². The van der Waals surface area contributed by atoms with Gasteiger partial charge >= 0.3 is 5.97 Å². The van der Waals surface area contributed by atoms with Gasteiger partial charge in [0, 0.05) is 18.6 Å². The minimum absolute atomic E-state index is 0.119. The molecule has 0 fully saturated rings. The molecule has 16 heavy (non-hydrogen) atoms. The van der Waals surface area contributed by atoms with Gasteiger partial charge in [0.15, 0.2) is 0 Å². The molecule has 0 heterocycles. The molecule has 0 spiro atoms. The van der Waals surface area contributed by atoms with Crippen molar-refractivity contribution in [3.63, 3.8) is 0 Å². The van der Waals surface area contributed by atoms with Crippen LogP contribution in [-0.4, -0.2) is 36.7 Å². The second kappa shape index (κ2) is 6.21. The Morgan fingerprint density at radius 3 is 2.06 bits per heavy atom. The summed E-state index contributed by atoms with van der Waals surface area (Å²) in [6.07, 6.45) is 0. The number of hydrogen-bond donors (Lipinski definition) is 2. The largest absolute Gasteiger partial charge is 0.459 e. The van der Waals surface area contributed by atoms with Crippen molar-refractivity contribution in [3.8, 4) is 0 Å². The van der Waals surface area contributed by atoms with Gasteiger partial charge < -0.3 is 15.4 Å². The Kier molecular flexibility index (Phi) is 5.97. The van der Waals surface area contributed by atoms with Crippen LogP contribution >= 0.6 is 0 Å². The number of hydrogen-bond acceptors (Lipinski definition) is 4. The van der Waals surface area contributed by atoms with Crippen molar-refractivity contribution in [1.82, 2.24) is 10.6 Å². The Balaban J connectivity index is 3.50. The summed E-state index contributed by atoms with van der Waals surface area (Å²) in [5.74, 6) is -0.205. The van der Waals surface area contributed by atoms with E-state index in [9.17, 15) is 4.79 Å². The third kappa shape index (κ3) is 11.5. The smallest absolute Gasteiger partial charge is 0.320 e. The van der Waals surface area contributed by atoms with E-state index in [2.05, 4.69) is 31.4 Å². The van der Waals surface area contributed by atoms with Gasteiger partial charge in [-0.3, -0.25) is 4.79 Å². The molecule has 0 atom stereocenters. The first-order valence-electron chi connectivity index (χ1n) is 5.78. The maximum absolute atomic E-state index is 11.3. The molecule has 0 amide bonds. The summed E-state index contributed by atoms with van der Waals surface area (Å²) in [5, 5.41) is 6.37. The second-order valence-corrected chi connectivity index (χ2v) is 5.94. The summed E-state index contributed by atoms with van der Waals surface area (Å²) in [7, 11) is 0. The number of ether oxygens (including phenoxy) is 1. The van der Waals surface area contributed by atoms with E-state index < -0.39 is 5.60 Å². The Bertz CT molecular complexity index is 214. The molecule has 0 aliphatic rings. The molecule has 0 unspecified atom stereocenters. The minimum Gasteiger partial charge on any atom is -0.459 e. The number of carbonyl (C=O) groups is 1. The standard InChI is InChI=1S/C12H26N2O2/c1-11(2,3)14-8-7-13-9-10(15)16-12(4,5)6/h13-14H,7-9H2,1-6H3. The van der Waals surface area contributed by atoms with Crippen LogP contribution in [0.2, 0.25) is 0 Å². The average molecular weight is 230 g/mol. The first-order valence-corrected chi connectivity index (χ1v) is 5.78. The van der Waals surface area contributed by atoms with Crippen LogP contribution in [0.1, 0.15) is 41.5 Å². The predicted molar refractivity (Wildman–Crippen MR) is 66.5 cm³/mol. The molecule has 0 aliphatic carbocycles. The van der Waals surface area contributed by atoms with Crippen LogP contribution in [0.25, 0.3) is 0 Å². The fraction of sp³-hybridized carbons (Fsp3) is 0.917. The highest BCUT2D eigenvalue weighted by Gasteiger charge is 2.15. The van der Waals surface area contributed by atoms with E-state index in [1.54, 1.807) is 0 Å². The first-order chi connectivity index (χ1) is 7.10. The molecule has 0 radical (unpaired) electrons. The van der Waals surface area contributed by atoms with Gasteiger partial charge in [0.05, 0.1) is 6.54 Å². The van der Waals surface area contributed by atoms with E-state index in [1.807, 2.05) is 20.8 Å². The summed E-state index contributed by atoms with van der Waals surface area (Å²) in [5.41, 5.74) is -0.282. The Labute approximate surface area is 99.1 Å². The molecule has 0 saturated heterocycles. The van der Waals surface area contributed by atoms with Crippen molar-refractivity contribution < 1.29 is 9.53 Å². The van der Waals surface area contributed by atoms with Crippen LogP contribution in [0.15, 0.2) is 0 Å². The average Bonchev–Trinajstić information content (AvgIpc) is 1.97. The molecule has 0 saturated carbocycles. The molecule has 2 N–H and O–H groups in total. The van der Waals surface area contributed by atoms with E-state index in [4.69, 9.17) is 4.74 Å². The summed E-state index contributed by atoms with van der Waals surface area (Å²) >= 11 is 0. The van der Waals surface area contributed by atoms with Crippen molar-refractivity contribution in [1.29, 1.82) is 0 Å². The van der Waals surface area contributed by atoms with Gasteiger partial charge in [-0.2, -0.15) is 0 Å². The van der Waals surface area contributed by atoms with E-state index in [0.29, 0.717) is 0 Å². The molecule has 0 aromatic rings. The fourth-order valence-corrected chi connectivity index (χ4v) is 1.09.